The number of amidine groups is 1. The van der Waals surface area contributed by atoms with Gasteiger partial charge in [0, 0.05) is 5.69 Å². The van der Waals surface area contributed by atoms with Crippen LogP contribution < -0.4 is 10.5 Å². The van der Waals surface area contributed by atoms with E-state index in [2.05, 4.69) is 15.1 Å². The second-order valence-electron chi connectivity index (χ2n) is 3.82. The molecule has 2 aromatic rings. The van der Waals surface area contributed by atoms with E-state index in [-0.39, 0.29) is 22.6 Å². The SMILES string of the molecule is Cc1cc(/C(N)=N/O)nc(Oc2cccc(Cl)c2Cl)n1. The first-order valence-electron chi connectivity index (χ1n) is 5.46. The van der Waals surface area contributed by atoms with Crippen LogP contribution in [0.4, 0.5) is 0 Å². The molecule has 1 aromatic carbocycles. The van der Waals surface area contributed by atoms with E-state index in [0.717, 1.165) is 0 Å². The number of hydrogen-bond acceptors (Lipinski definition) is 5. The van der Waals surface area contributed by atoms with Gasteiger partial charge >= 0.3 is 6.01 Å². The highest BCUT2D eigenvalue weighted by Gasteiger charge is 2.11. The van der Waals surface area contributed by atoms with E-state index >= 15 is 0 Å². The summed E-state index contributed by atoms with van der Waals surface area (Å²) < 4.78 is 5.48. The van der Waals surface area contributed by atoms with Crippen LogP contribution in [-0.2, 0) is 0 Å². The quantitative estimate of drug-likeness (QED) is 0.393. The van der Waals surface area contributed by atoms with E-state index < -0.39 is 0 Å². The molecule has 8 heteroatoms. The van der Waals surface area contributed by atoms with E-state index in [0.29, 0.717) is 16.5 Å². The summed E-state index contributed by atoms with van der Waals surface area (Å²) in [6, 6.07) is 6.53. The van der Waals surface area contributed by atoms with Crippen molar-refractivity contribution in [3.05, 3.63) is 45.7 Å². The molecule has 0 bridgehead atoms. The van der Waals surface area contributed by atoms with Gasteiger partial charge in [-0.15, -0.1) is 0 Å². The van der Waals surface area contributed by atoms with E-state index in [1.807, 2.05) is 0 Å². The van der Waals surface area contributed by atoms with Crippen LogP contribution >= 0.6 is 23.2 Å². The average molecular weight is 313 g/mol. The van der Waals surface area contributed by atoms with Crippen LogP contribution in [0.15, 0.2) is 29.4 Å². The van der Waals surface area contributed by atoms with Crippen LogP contribution in [-0.4, -0.2) is 21.0 Å². The van der Waals surface area contributed by atoms with Gasteiger partial charge in [0.1, 0.15) is 10.7 Å². The number of hydrogen-bond donors (Lipinski definition) is 2. The van der Waals surface area contributed by atoms with Crippen molar-refractivity contribution in [3.63, 3.8) is 0 Å². The standard InChI is InChI=1S/C12H10Cl2N4O2/c1-6-5-8(11(15)18-19)17-12(16-6)20-9-4-2-3-7(13)10(9)14/h2-5,19H,1H3,(H2,15,18). The zero-order valence-electron chi connectivity index (χ0n) is 10.3. The lowest BCUT2D eigenvalue weighted by Gasteiger charge is -2.08. The van der Waals surface area contributed by atoms with Crippen molar-refractivity contribution in [2.75, 3.05) is 0 Å². The monoisotopic (exact) mass is 312 g/mol. The maximum Gasteiger partial charge on any atom is 0.322 e. The Balaban J connectivity index is 2.39. The van der Waals surface area contributed by atoms with Crippen molar-refractivity contribution in [2.45, 2.75) is 6.92 Å². The normalized spacial score (nSPS) is 11.4. The summed E-state index contributed by atoms with van der Waals surface area (Å²) in [6.45, 7) is 1.72. The number of halogens is 2. The van der Waals surface area contributed by atoms with Crippen molar-refractivity contribution in [1.29, 1.82) is 0 Å². The molecule has 0 aliphatic heterocycles. The van der Waals surface area contributed by atoms with Gasteiger partial charge in [-0.1, -0.05) is 34.4 Å². The Hall–Kier alpha value is -2.05. The minimum Gasteiger partial charge on any atom is -0.423 e. The van der Waals surface area contributed by atoms with Crippen LogP contribution in [0.5, 0.6) is 11.8 Å². The van der Waals surface area contributed by atoms with E-state index in [9.17, 15) is 0 Å². The van der Waals surface area contributed by atoms with Gasteiger partial charge in [0.15, 0.2) is 11.6 Å². The lowest BCUT2D eigenvalue weighted by Crippen LogP contribution is -2.16. The summed E-state index contributed by atoms with van der Waals surface area (Å²) in [7, 11) is 0. The third kappa shape index (κ3) is 3.09. The Bertz CT molecular complexity index is 677. The molecule has 0 saturated heterocycles. The number of aromatic nitrogens is 2. The number of benzene rings is 1. The maximum atomic E-state index is 8.66. The maximum absolute atomic E-state index is 8.66. The average Bonchev–Trinajstić information content (AvgIpc) is 2.42. The highest BCUT2D eigenvalue weighted by molar-refractivity contribution is 6.42. The van der Waals surface area contributed by atoms with Crippen molar-refractivity contribution in [3.8, 4) is 11.8 Å². The number of rotatable bonds is 3. The van der Waals surface area contributed by atoms with Gasteiger partial charge in [-0.05, 0) is 25.1 Å². The van der Waals surface area contributed by atoms with Crippen LogP contribution in [0.1, 0.15) is 11.4 Å². The second kappa shape index (κ2) is 5.94. The first-order chi connectivity index (χ1) is 9.51. The summed E-state index contributed by atoms with van der Waals surface area (Å²) >= 11 is 11.9. The predicted octanol–water partition coefficient (Wildman–Crippen LogP) is 2.98. The van der Waals surface area contributed by atoms with Gasteiger partial charge in [0.25, 0.3) is 0 Å². The first-order valence-corrected chi connectivity index (χ1v) is 6.22. The van der Waals surface area contributed by atoms with Gasteiger partial charge in [-0.2, -0.15) is 4.98 Å². The smallest absolute Gasteiger partial charge is 0.322 e. The van der Waals surface area contributed by atoms with Crippen molar-refractivity contribution < 1.29 is 9.94 Å². The largest absolute Gasteiger partial charge is 0.423 e. The molecule has 0 fully saturated rings. The number of aryl methyl sites for hydroxylation is 1. The van der Waals surface area contributed by atoms with Gasteiger partial charge in [0.2, 0.25) is 0 Å². The van der Waals surface area contributed by atoms with Crippen molar-refractivity contribution >= 4 is 29.0 Å². The van der Waals surface area contributed by atoms with Crippen molar-refractivity contribution in [2.24, 2.45) is 10.9 Å². The summed E-state index contributed by atoms with van der Waals surface area (Å²) in [5, 5.41) is 12.2. The number of nitrogens with two attached hydrogens (primary N) is 1. The molecule has 0 amide bonds. The van der Waals surface area contributed by atoms with Gasteiger partial charge in [0.05, 0.1) is 5.02 Å². The molecule has 3 N–H and O–H groups in total. The van der Waals surface area contributed by atoms with Crippen LogP contribution in [0, 0.1) is 6.92 Å². The van der Waals surface area contributed by atoms with Crippen LogP contribution in [0.2, 0.25) is 10.0 Å². The van der Waals surface area contributed by atoms with E-state index in [1.165, 1.54) is 0 Å². The molecular weight excluding hydrogens is 303 g/mol. The third-order valence-corrected chi connectivity index (χ3v) is 3.12. The fourth-order valence-electron chi connectivity index (χ4n) is 1.43. The molecule has 20 heavy (non-hydrogen) atoms. The zero-order chi connectivity index (χ0) is 14.7. The lowest BCUT2D eigenvalue weighted by atomic mass is 10.3. The van der Waals surface area contributed by atoms with Gasteiger partial charge in [-0.25, -0.2) is 4.98 Å². The number of nitrogens with zero attached hydrogens (tertiary/aromatic N) is 3. The molecule has 0 atom stereocenters. The Morgan fingerprint density at radius 2 is 2.10 bits per heavy atom. The van der Waals surface area contributed by atoms with E-state index in [1.54, 1.807) is 31.2 Å². The summed E-state index contributed by atoms with van der Waals surface area (Å²) in [5.41, 5.74) is 6.32. The molecule has 0 spiro atoms. The minimum absolute atomic E-state index is 0.0239. The zero-order valence-corrected chi connectivity index (χ0v) is 11.9. The number of ether oxygens (including phenoxy) is 1. The molecule has 0 radical (unpaired) electrons. The molecule has 1 aromatic heterocycles. The molecule has 0 aliphatic rings. The predicted molar refractivity (Wildman–Crippen MR) is 75.8 cm³/mol. The second-order valence-corrected chi connectivity index (χ2v) is 4.60. The highest BCUT2D eigenvalue weighted by atomic mass is 35.5. The Morgan fingerprint density at radius 3 is 2.80 bits per heavy atom. The molecule has 2 rings (SSSR count). The molecule has 0 unspecified atom stereocenters. The Labute approximate surface area is 124 Å². The fourth-order valence-corrected chi connectivity index (χ4v) is 1.76. The molecule has 1 heterocycles. The molecule has 6 nitrogen and oxygen atoms in total. The van der Waals surface area contributed by atoms with Gasteiger partial charge < -0.3 is 15.7 Å². The molecular formula is C12H10Cl2N4O2. The van der Waals surface area contributed by atoms with Crippen LogP contribution in [0.3, 0.4) is 0 Å². The summed E-state index contributed by atoms with van der Waals surface area (Å²) in [6.07, 6.45) is 0. The molecule has 0 aliphatic carbocycles. The Morgan fingerprint density at radius 1 is 1.35 bits per heavy atom. The van der Waals surface area contributed by atoms with Crippen LogP contribution in [0.25, 0.3) is 0 Å². The number of oxime groups is 1. The third-order valence-electron chi connectivity index (χ3n) is 2.32. The fraction of sp³-hybridized carbons (Fsp3) is 0.0833. The highest BCUT2D eigenvalue weighted by Crippen LogP contribution is 2.33. The lowest BCUT2D eigenvalue weighted by molar-refractivity contribution is 0.318. The molecule has 104 valence electrons. The minimum atomic E-state index is -0.141. The van der Waals surface area contributed by atoms with Gasteiger partial charge in [-0.3, -0.25) is 0 Å². The van der Waals surface area contributed by atoms with E-state index in [4.69, 9.17) is 38.9 Å². The summed E-state index contributed by atoms with van der Waals surface area (Å²) in [5.74, 6) is 0.174. The molecule has 0 saturated carbocycles. The topological polar surface area (TPSA) is 93.6 Å². The van der Waals surface area contributed by atoms with Crippen molar-refractivity contribution in [1.82, 2.24) is 9.97 Å². The summed E-state index contributed by atoms with van der Waals surface area (Å²) in [4.78, 5) is 8.11. The Kier molecular flexibility index (Phi) is 4.26. The first kappa shape index (κ1) is 14.4.